The van der Waals surface area contributed by atoms with Crippen molar-refractivity contribution in [1.82, 2.24) is 0 Å². The maximum absolute atomic E-state index is 12.8. The monoisotopic (exact) mass is 937 g/mol. The molecule has 0 rings (SSSR count). The molecular formula is C62H96O6. The fourth-order valence-electron chi connectivity index (χ4n) is 6.76. The van der Waals surface area contributed by atoms with E-state index in [0.29, 0.717) is 12.8 Å². The van der Waals surface area contributed by atoms with Crippen LogP contribution in [0.3, 0.4) is 0 Å². The molecule has 0 amide bonds. The normalized spacial score (nSPS) is 13.3. The Bertz CT molecular complexity index is 1540. The van der Waals surface area contributed by atoms with E-state index in [1.165, 1.54) is 19.3 Å². The van der Waals surface area contributed by atoms with Crippen molar-refractivity contribution in [3.63, 3.8) is 0 Å². The number of allylic oxidation sites excluding steroid dienone is 24. The van der Waals surface area contributed by atoms with Crippen LogP contribution in [0.15, 0.2) is 146 Å². The highest BCUT2D eigenvalue weighted by molar-refractivity contribution is 5.71. The molecule has 0 aliphatic heterocycles. The molecular weight excluding hydrogens is 841 g/mol. The lowest BCUT2D eigenvalue weighted by Gasteiger charge is -2.18. The Labute approximate surface area is 417 Å². The highest BCUT2D eigenvalue weighted by Gasteiger charge is 2.19. The average Bonchev–Trinajstić information content (AvgIpc) is 3.34. The Balaban J connectivity index is 4.52. The number of unbranched alkanes of at least 4 members (excludes halogenated alkanes) is 17. The molecule has 0 radical (unpaired) electrons. The van der Waals surface area contributed by atoms with Gasteiger partial charge in [0, 0.05) is 19.3 Å². The molecule has 0 aromatic heterocycles. The van der Waals surface area contributed by atoms with Crippen LogP contribution in [-0.2, 0) is 28.6 Å². The van der Waals surface area contributed by atoms with Crippen LogP contribution < -0.4 is 0 Å². The Morgan fingerprint density at radius 1 is 0.324 bits per heavy atom. The predicted octanol–water partition coefficient (Wildman–Crippen LogP) is 18.0. The first-order chi connectivity index (χ1) is 33.5. The SMILES string of the molecule is CC/C=C/C=C/C=C/CCCCCCCC(=O)OCC(COC(=O)CCCCCCCC/C=C/C/C=C/C/C=C/C/C=C/CC)OC(=O)CCCCCCC/C=C/C=C/C=C/C=C/C=C/CCC. The number of esters is 3. The van der Waals surface area contributed by atoms with Crippen molar-refractivity contribution < 1.29 is 28.6 Å². The number of rotatable bonds is 46. The lowest BCUT2D eigenvalue weighted by atomic mass is 10.1. The zero-order valence-electron chi connectivity index (χ0n) is 43.3. The average molecular weight is 937 g/mol. The van der Waals surface area contributed by atoms with Gasteiger partial charge in [-0.1, -0.05) is 237 Å². The highest BCUT2D eigenvalue weighted by Crippen LogP contribution is 2.13. The molecule has 0 aromatic rings. The molecule has 68 heavy (non-hydrogen) atoms. The molecule has 380 valence electrons. The maximum Gasteiger partial charge on any atom is 0.306 e. The maximum atomic E-state index is 12.8. The van der Waals surface area contributed by atoms with Crippen molar-refractivity contribution in [2.24, 2.45) is 0 Å². The van der Waals surface area contributed by atoms with Gasteiger partial charge in [0.2, 0.25) is 0 Å². The van der Waals surface area contributed by atoms with Gasteiger partial charge in [-0.15, -0.1) is 0 Å². The first-order valence-corrected chi connectivity index (χ1v) is 26.9. The Morgan fingerprint density at radius 2 is 0.647 bits per heavy atom. The molecule has 6 nitrogen and oxygen atoms in total. The van der Waals surface area contributed by atoms with Gasteiger partial charge >= 0.3 is 17.9 Å². The number of carbonyl (C=O) groups is 3. The third-order valence-corrected chi connectivity index (χ3v) is 10.7. The molecule has 0 heterocycles. The summed E-state index contributed by atoms with van der Waals surface area (Å²) in [6.45, 7) is 6.23. The van der Waals surface area contributed by atoms with E-state index in [0.717, 1.165) is 148 Å². The van der Waals surface area contributed by atoms with Crippen molar-refractivity contribution in [3.8, 4) is 0 Å². The summed E-state index contributed by atoms with van der Waals surface area (Å²) in [6, 6.07) is 0. The second-order valence-corrected chi connectivity index (χ2v) is 17.2. The van der Waals surface area contributed by atoms with Gasteiger partial charge in [0.25, 0.3) is 0 Å². The smallest absolute Gasteiger partial charge is 0.306 e. The zero-order chi connectivity index (χ0) is 49.3. The molecule has 6 heteroatoms. The molecule has 0 aromatic carbocycles. The van der Waals surface area contributed by atoms with Crippen LogP contribution in [0, 0.1) is 0 Å². The van der Waals surface area contributed by atoms with Crippen LogP contribution in [0.25, 0.3) is 0 Å². The topological polar surface area (TPSA) is 78.9 Å². The lowest BCUT2D eigenvalue weighted by Crippen LogP contribution is -2.30. The number of ether oxygens (including phenoxy) is 3. The second kappa shape index (κ2) is 54.9. The minimum absolute atomic E-state index is 0.110. The lowest BCUT2D eigenvalue weighted by molar-refractivity contribution is -0.167. The third-order valence-electron chi connectivity index (χ3n) is 10.7. The van der Waals surface area contributed by atoms with Crippen molar-refractivity contribution in [2.75, 3.05) is 13.2 Å². The van der Waals surface area contributed by atoms with Crippen LogP contribution in [-0.4, -0.2) is 37.2 Å². The van der Waals surface area contributed by atoms with Crippen molar-refractivity contribution in [1.29, 1.82) is 0 Å². The van der Waals surface area contributed by atoms with Crippen molar-refractivity contribution in [3.05, 3.63) is 146 Å². The molecule has 0 N–H and O–H groups in total. The predicted molar refractivity (Wildman–Crippen MR) is 292 cm³/mol. The summed E-state index contributed by atoms with van der Waals surface area (Å²) in [5, 5.41) is 0. The number of hydrogen-bond donors (Lipinski definition) is 0. The Hall–Kier alpha value is -4.71. The van der Waals surface area contributed by atoms with E-state index >= 15 is 0 Å². The van der Waals surface area contributed by atoms with E-state index in [2.05, 4.69) is 130 Å². The summed E-state index contributed by atoms with van der Waals surface area (Å²) in [5.41, 5.74) is 0. The zero-order valence-corrected chi connectivity index (χ0v) is 43.3. The summed E-state index contributed by atoms with van der Waals surface area (Å²) in [4.78, 5) is 38.1. The Morgan fingerprint density at radius 3 is 1.07 bits per heavy atom. The van der Waals surface area contributed by atoms with Crippen LogP contribution in [0.1, 0.15) is 207 Å². The minimum Gasteiger partial charge on any atom is -0.462 e. The standard InChI is InChI=1S/C62H96O6/c1-4-7-10-13-16-19-22-25-27-29-31-33-34-37-40-43-46-49-52-55-61(64)67-58-59(57-66-60(63)54-51-48-45-42-39-36-24-21-18-15-12-9-6-3)68-62(65)56-53-50-47-44-41-38-35-32-30-28-26-23-20-17-14-11-8-5-2/h7,9-12,14-21,23-28,30-33,35,59H,4-6,8,13,22,29,34,36-58H2,1-3H3/b10-7+,12-9+,14-11+,18-15+,19-16+,20-17+,24-21+,26-23+,27-25+,30-28+,33-31+,35-32+. The van der Waals surface area contributed by atoms with Gasteiger partial charge in [-0.2, -0.15) is 0 Å². The van der Waals surface area contributed by atoms with Gasteiger partial charge in [-0.3, -0.25) is 14.4 Å². The molecule has 0 fully saturated rings. The molecule has 0 saturated heterocycles. The Kier molecular flexibility index (Phi) is 51.1. The van der Waals surface area contributed by atoms with Gasteiger partial charge in [-0.05, 0) is 96.3 Å². The van der Waals surface area contributed by atoms with E-state index in [1.54, 1.807) is 0 Å². The summed E-state index contributed by atoms with van der Waals surface area (Å²) in [6.07, 6.45) is 78.2. The molecule has 1 atom stereocenters. The van der Waals surface area contributed by atoms with E-state index < -0.39 is 6.10 Å². The molecule has 0 aliphatic rings. The van der Waals surface area contributed by atoms with E-state index in [9.17, 15) is 14.4 Å². The van der Waals surface area contributed by atoms with Crippen molar-refractivity contribution in [2.45, 2.75) is 213 Å². The van der Waals surface area contributed by atoms with Gasteiger partial charge in [0.05, 0.1) is 0 Å². The van der Waals surface area contributed by atoms with Crippen LogP contribution in [0.2, 0.25) is 0 Å². The summed E-state index contributed by atoms with van der Waals surface area (Å²) in [7, 11) is 0. The fraction of sp³-hybridized carbons (Fsp3) is 0.565. The van der Waals surface area contributed by atoms with Crippen LogP contribution >= 0.6 is 0 Å². The van der Waals surface area contributed by atoms with E-state index in [-0.39, 0.29) is 37.5 Å². The molecule has 1 unspecified atom stereocenters. The number of carbonyl (C=O) groups excluding carboxylic acids is 3. The van der Waals surface area contributed by atoms with Gasteiger partial charge in [0.15, 0.2) is 6.10 Å². The molecule has 0 spiro atoms. The van der Waals surface area contributed by atoms with Gasteiger partial charge in [0.1, 0.15) is 13.2 Å². The quantitative estimate of drug-likeness (QED) is 0.0199. The first kappa shape index (κ1) is 63.3. The molecule has 0 aliphatic carbocycles. The van der Waals surface area contributed by atoms with Crippen LogP contribution in [0.4, 0.5) is 0 Å². The summed E-state index contributed by atoms with van der Waals surface area (Å²) < 4.78 is 16.8. The van der Waals surface area contributed by atoms with Gasteiger partial charge < -0.3 is 14.2 Å². The van der Waals surface area contributed by atoms with Crippen molar-refractivity contribution >= 4 is 17.9 Å². The third kappa shape index (κ3) is 52.3. The van der Waals surface area contributed by atoms with Gasteiger partial charge in [-0.25, -0.2) is 0 Å². The first-order valence-electron chi connectivity index (χ1n) is 26.9. The highest BCUT2D eigenvalue weighted by atomic mass is 16.6. The molecule has 0 saturated carbocycles. The number of hydrogen-bond acceptors (Lipinski definition) is 6. The van der Waals surface area contributed by atoms with Crippen LogP contribution in [0.5, 0.6) is 0 Å². The molecule has 0 bridgehead atoms. The fourth-order valence-corrected chi connectivity index (χ4v) is 6.76. The minimum atomic E-state index is -0.813. The van der Waals surface area contributed by atoms with E-state index in [1.807, 2.05) is 36.5 Å². The summed E-state index contributed by atoms with van der Waals surface area (Å²) >= 11 is 0. The van der Waals surface area contributed by atoms with E-state index in [4.69, 9.17) is 14.2 Å². The second-order valence-electron chi connectivity index (χ2n) is 17.2. The largest absolute Gasteiger partial charge is 0.462 e. The summed E-state index contributed by atoms with van der Waals surface area (Å²) in [5.74, 6) is -0.978.